The van der Waals surface area contributed by atoms with Gasteiger partial charge in [0.25, 0.3) is 5.78 Å². The zero-order valence-corrected chi connectivity index (χ0v) is 22.4. The van der Waals surface area contributed by atoms with Gasteiger partial charge >= 0.3 is 0 Å². The number of piperazine rings is 1. The van der Waals surface area contributed by atoms with E-state index < -0.39 is 22.8 Å². The maximum absolute atomic E-state index is 14.7. The zero-order valence-electron chi connectivity index (χ0n) is 21.6. The average Bonchev–Trinajstić information content (AvgIpc) is 3.63. The number of fused-ring (bicyclic) bond motifs is 1. The lowest BCUT2D eigenvalue weighted by Crippen LogP contribution is -2.48. The van der Waals surface area contributed by atoms with Crippen molar-refractivity contribution < 1.29 is 22.5 Å². The Morgan fingerprint density at radius 2 is 1.90 bits per heavy atom. The molecule has 0 unspecified atom stereocenters. The van der Waals surface area contributed by atoms with Crippen molar-refractivity contribution in [3.63, 3.8) is 0 Å². The number of nitrogens with zero attached hydrogens (tertiary/aromatic N) is 7. The highest BCUT2D eigenvalue weighted by Crippen LogP contribution is 2.31. The van der Waals surface area contributed by atoms with Gasteiger partial charge in [-0.15, -0.1) is 5.10 Å². The summed E-state index contributed by atoms with van der Waals surface area (Å²) in [6.45, 7) is 3.81. The Morgan fingerprint density at radius 3 is 2.65 bits per heavy atom. The molecule has 12 nitrogen and oxygen atoms in total. The van der Waals surface area contributed by atoms with Crippen LogP contribution in [0.4, 0.5) is 26.4 Å². The zero-order chi connectivity index (χ0) is 27.6. The summed E-state index contributed by atoms with van der Waals surface area (Å²) in [5.41, 5.74) is 6.37. The molecule has 2 aliphatic heterocycles. The summed E-state index contributed by atoms with van der Waals surface area (Å²) in [6.07, 6.45) is 2.52. The third-order valence-electron chi connectivity index (χ3n) is 7.03. The topological polar surface area (TPSA) is 146 Å². The van der Waals surface area contributed by atoms with Crippen LogP contribution >= 0.6 is 0 Å². The first-order valence-corrected chi connectivity index (χ1v) is 14.6. The molecule has 0 saturated carbocycles. The Kier molecular flexibility index (Phi) is 7.58. The van der Waals surface area contributed by atoms with E-state index in [1.165, 1.54) is 16.8 Å². The minimum Gasteiger partial charge on any atom is -0.616 e. The molecule has 6 rings (SSSR count). The van der Waals surface area contributed by atoms with Crippen molar-refractivity contribution in [3.8, 4) is 17.3 Å². The van der Waals surface area contributed by atoms with Gasteiger partial charge in [-0.05, 0) is 12.1 Å². The van der Waals surface area contributed by atoms with Gasteiger partial charge in [0.15, 0.2) is 17.3 Å². The number of furan rings is 1. The molecular weight excluding hydrogens is 544 g/mol. The number of ether oxygens (including phenoxy) is 1. The SMILES string of the molecule is Nc1nc(NCCN2CCN(c3cc(O[C@H]4CC[S@@+]([O-])CC4)c(F)cc3F)CC2)nc2nc(-c3ccco3)nn12. The minimum atomic E-state index is -0.838. The van der Waals surface area contributed by atoms with Gasteiger partial charge in [0.1, 0.15) is 23.4 Å². The van der Waals surface area contributed by atoms with Gasteiger partial charge in [-0.1, -0.05) is 11.2 Å². The third-order valence-corrected chi connectivity index (χ3v) is 8.41. The number of hydrogen-bond donors (Lipinski definition) is 2. The van der Waals surface area contributed by atoms with Crippen LogP contribution in [0.3, 0.4) is 0 Å². The lowest BCUT2D eigenvalue weighted by Gasteiger charge is -2.36. The Morgan fingerprint density at radius 1 is 1.10 bits per heavy atom. The van der Waals surface area contributed by atoms with E-state index in [9.17, 15) is 13.3 Å². The van der Waals surface area contributed by atoms with Crippen molar-refractivity contribution in [1.82, 2.24) is 29.5 Å². The van der Waals surface area contributed by atoms with Gasteiger partial charge in [0.05, 0.1) is 12.0 Å². The second-order valence-electron chi connectivity index (χ2n) is 9.68. The number of benzene rings is 1. The van der Waals surface area contributed by atoms with E-state index in [1.807, 2.05) is 4.90 Å². The van der Waals surface area contributed by atoms with Gasteiger partial charge in [-0.25, -0.2) is 8.78 Å². The highest BCUT2D eigenvalue weighted by molar-refractivity contribution is 7.91. The molecule has 15 heteroatoms. The van der Waals surface area contributed by atoms with Crippen LogP contribution < -0.4 is 20.7 Å². The van der Waals surface area contributed by atoms with Crippen molar-refractivity contribution in [2.24, 2.45) is 0 Å². The fraction of sp³-hybridized carbons (Fsp3) is 0.440. The fourth-order valence-corrected chi connectivity index (χ4v) is 6.11. The van der Waals surface area contributed by atoms with E-state index in [2.05, 4.69) is 30.3 Å². The first-order valence-electron chi connectivity index (χ1n) is 13.1. The normalized spacial score (nSPS) is 20.2. The summed E-state index contributed by atoms with van der Waals surface area (Å²) < 4.78 is 53.3. The second-order valence-corrected chi connectivity index (χ2v) is 11.4. The van der Waals surface area contributed by atoms with Crippen LogP contribution in [0.2, 0.25) is 0 Å². The molecule has 40 heavy (non-hydrogen) atoms. The minimum absolute atomic E-state index is 0.0425. The van der Waals surface area contributed by atoms with E-state index in [1.54, 1.807) is 12.1 Å². The van der Waals surface area contributed by atoms with Crippen molar-refractivity contribution in [2.75, 3.05) is 66.7 Å². The van der Waals surface area contributed by atoms with Crippen LogP contribution in [-0.2, 0) is 11.2 Å². The van der Waals surface area contributed by atoms with Gasteiger partial charge in [-0.3, -0.25) is 4.90 Å². The Labute approximate surface area is 231 Å². The molecule has 0 amide bonds. The molecule has 2 fully saturated rings. The van der Waals surface area contributed by atoms with Crippen molar-refractivity contribution in [2.45, 2.75) is 18.9 Å². The van der Waals surface area contributed by atoms with Crippen molar-refractivity contribution in [1.29, 1.82) is 0 Å². The molecule has 2 aliphatic rings. The molecular formula is C25H29F2N9O3S. The standard InChI is InChI=1S/C25H29F2N9O3S/c26-17-14-18(27)21(39-16-3-12-40(37)13-4-16)15-19(17)35-9-7-34(8-10-35)6-5-29-24-31-23(28)36-25(32-24)30-22(33-36)20-2-1-11-38-20/h1-2,11,14-16H,3-10,12-13H2,(H3,28,29,30,31,32,33)/t16-,40+. The predicted molar refractivity (Wildman–Crippen MR) is 146 cm³/mol. The van der Waals surface area contributed by atoms with E-state index in [0.29, 0.717) is 92.6 Å². The van der Waals surface area contributed by atoms with Crippen LogP contribution in [0.15, 0.2) is 34.9 Å². The fourth-order valence-electron chi connectivity index (χ4n) is 4.85. The summed E-state index contributed by atoms with van der Waals surface area (Å²) in [5.74, 6) is 1.45. The Bertz CT molecular complexity index is 1460. The molecule has 3 N–H and O–H groups in total. The lowest BCUT2D eigenvalue weighted by atomic mass is 10.2. The molecule has 0 atom stereocenters. The van der Waals surface area contributed by atoms with Crippen LogP contribution in [-0.4, -0.2) is 90.9 Å². The highest BCUT2D eigenvalue weighted by atomic mass is 32.2. The number of rotatable bonds is 8. The van der Waals surface area contributed by atoms with Gasteiger partial charge in [0, 0.05) is 64.2 Å². The molecule has 0 spiro atoms. The maximum atomic E-state index is 14.7. The molecule has 1 aromatic carbocycles. The molecule has 4 aromatic rings. The van der Waals surface area contributed by atoms with E-state index in [4.69, 9.17) is 14.9 Å². The van der Waals surface area contributed by atoms with Crippen LogP contribution in [0, 0.1) is 11.6 Å². The average molecular weight is 574 g/mol. The van der Waals surface area contributed by atoms with Gasteiger partial charge in [-0.2, -0.15) is 19.5 Å². The quantitative estimate of drug-likeness (QED) is 0.299. The number of halogens is 2. The van der Waals surface area contributed by atoms with Crippen molar-refractivity contribution in [3.05, 3.63) is 42.2 Å². The lowest BCUT2D eigenvalue weighted by molar-refractivity contribution is 0.181. The Balaban J connectivity index is 1.02. The van der Waals surface area contributed by atoms with Gasteiger partial charge in [0.2, 0.25) is 17.7 Å². The molecule has 2 saturated heterocycles. The number of nitrogens with two attached hydrogens (primary N) is 1. The van der Waals surface area contributed by atoms with Crippen LogP contribution in [0.5, 0.6) is 5.75 Å². The van der Waals surface area contributed by atoms with Crippen molar-refractivity contribution >= 4 is 34.5 Å². The largest absolute Gasteiger partial charge is 0.616 e. The number of hydrogen-bond acceptors (Lipinski definition) is 11. The van der Waals surface area contributed by atoms with Crippen LogP contribution in [0.1, 0.15) is 12.8 Å². The molecule has 5 heterocycles. The summed E-state index contributed by atoms with van der Waals surface area (Å²) in [6, 6.07) is 5.83. The summed E-state index contributed by atoms with van der Waals surface area (Å²) in [5, 5.41) is 7.46. The first-order chi connectivity index (χ1) is 19.4. The molecule has 3 aromatic heterocycles. The maximum Gasteiger partial charge on any atom is 0.259 e. The summed E-state index contributed by atoms with van der Waals surface area (Å²) in [4.78, 5) is 17.2. The Hall–Kier alpha value is -3.69. The van der Waals surface area contributed by atoms with E-state index >= 15 is 0 Å². The second kappa shape index (κ2) is 11.4. The molecule has 0 aliphatic carbocycles. The third kappa shape index (κ3) is 5.76. The smallest absolute Gasteiger partial charge is 0.259 e. The molecule has 212 valence electrons. The highest BCUT2D eigenvalue weighted by Gasteiger charge is 2.26. The number of nitrogens with one attached hydrogen (secondary N) is 1. The number of nitrogen functional groups attached to an aromatic ring is 1. The molecule has 0 radical (unpaired) electrons. The number of anilines is 3. The van der Waals surface area contributed by atoms with Crippen LogP contribution in [0.25, 0.3) is 17.4 Å². The monoisotopic (exact) mass is 573 g/mol. The summed E-state index contributed by atoms with van der Waals surface area (Å²) >= 11 is -0.838. The predicted octanol–water partition coefficient (Wildman–Crippen LogP) is 2.16. The molecule has 0 bridgehead atoms. The van der Waals surface area contributed by atoms with Gasteiger partial charge < -0.3 is 29.7 Å². The summed E-state index contributed by atoms with van der Waals surface area (Å²) in [7, 11) is 0. The van der Waals surface area contributed by atoms with E-state index in [0.717, 1.165) is 6.07 Å². The first kappa shape index (κ1) is 26.5. The van der Waals surface area contributed by atoms with E-state index in [-0.39, 0.29) is 17.8 Å². The number of aromatic nitrogens is 5.